The Hall–Kier alpha value is -2.67. The largest absolute Gasteiger partial charge is 0.305 e. The number of hydrogen-bond donors (Lipinski definition) is 1. The molecule has 0 aliphatic carbocycles. The molecular formula is C23H21ClN2O3S. The zero-order chi connectivity index (χ0) is 21.3. The summed E-state index contributed by atoms with van der Waals surface area (Å²) in [4.78, 5) is 14.9. The molecule has 1 aliphatic heterocycles. The normalized spacial score (nSPS) is 15.8. The summed E-state index contributed by atoms with van der Waals surface area (Å²) < 4.78 is 28.2. The third-order valence-electron chi connectivity index (χ3n) is 5.23. The van der Waals surface area contributed by atoms with E-state index in [0.29, 0.717) is 22.6 Å². The molecule has 30 heavy (non-hydrogen) atoms. The Balaban J connectivity index is 1.58. The second-order valence-electron chi connectivity index (χ2n) is 7.30. The lowest BCUT2D eigenvalue weighted by molar-refractivity contribution is 0.0981. The average Bonchev–Trinajstić information content (AvgIpc) is 3.08. The van der Waals surface area contributed by atoms with Crippen molar-refractivity contribution in [1.82, 2.24) is 4.72 Å². The van der Waals surface area contributed by atoms with Gasteiger partial charge in [0.2, 0.25) is 10.0 Å². The van der Waals surface area contributed by atoms with Crippen molar-refractivity contribution in [1.29, 1.82) is 0 Å². The van der Waals surface area contributed by atoms with Crippen LogP contribution in [0.4, 0.5) is 5.69 Å². The van der Waals surface area contributed by atoms with Gasteiger partial charge in [0.25, 0.3) is 5.91 Å². The monoisotopic (exact) mass is 440 g/mol. The molecule has 0 saturated carbocycles. The number of benzene rings is 3. The van der Waals surface area contributed by atoms with Crippen LogP contribution in [-0.4, -0.2) is 20.4 Å². The van der Waals surface area contributed by atoms with Gasteiger partial charge in [-0.3, -0.25) is 4.79 Å². The van der Waals surface area contributed by atoms with Crippen molar-refractivity contribution in [3.63, 3.8) is 0 Å². The van der Waals surface area contributed by atoms with Gasteiger partial charge in [0.1, 0.15) is 0 Å². The molecule has 7 heteroatoms. The molecule has 1 aliphatic rings. The van der Waals surface area contributed by atoms with E-state index in [0.717, 1.165) is 11.3 Å². The standard InChI is InChI=1S/C23H21ClN2O3S/c1-16-13-19-14-20(30(28,29)25-15-18-9-5-6-10-21(18)24)11-12-22(19)26(16)23(27)17-7-3-2-4-8-17/h2-12,14,16,25H,13,15H2,1H3/t16-/m0/s1. The van der Waals surface area contributed by atoms with E-state index in [-0.39, 0.29) is 23.4 Å². The molecule has 154 valence electrons. The van der Waals surface area contributed by atoms with E-state index in [1.165, 1.54) is 6.07 Å². The molecule has 1 atom stereocenters. The fourth-order valence-corrected chi connectivity index (χ4v) is 4.96. The minimum atomic E-state index is -3.72. The molecule has 3 aromatic rings. The molecule has 5 nitrogen and oxygen atoms in total. The zero-order valence-electron chi connectivity index (χ0n) is 16.4. The van der Waals surface area contributed by atoms with Crippen molar-refractivity contribution in [2.45, 2.75) is 30.8 Å². The highest BCUT2D eigenvalue weighted by Gasteiger charge is 2.32. The second-order valence-corrected chi connectivity index (χ2v) is 9.47. The molecule has 1 N–H and O–H groups in total. The van der Waals surface area contributed by atoms with Crippen LogP contribution in [0.1, 0.15) is 28.4 Å². The van der Waals surface area contributed by atoms with Crippen molar-refractivity contribution < 1.29 is 13.2 Å². The summed E-state index contributed by atoms with van der Waals surface area (Å²) in [5, 5.41) is 0.512. The molecule has 0 radical (unpaired) electrons. The lowest BCUT2D eigenvalue weighted by Gasteiger charge is -2.23. The molecule has 1 heterocycles. The van der Waals surface area contributed by atoms with Crippen molar-refractivity contribution in [3.8, 4) is 0 Å². The number of anilines is 1. The smallest absolute Gasteiger partial charge is 0.258 e. The van der Waals surface area contributed by atoms with Crippen molar-refractivity contribution in [3.05, 3.63) is 94.5 Å². The Bertz CT molecular complexity index is 1200. The molecule has 0 saturated heterocycles. The van der Waals surface area contributed by atoms with E-state index < -0.39 is 10.0 Å². The highest BCUT2D eigenvalue weighted by atomic mass is 35.5. The Kier molecular flexibility index (Phi) is 5.64. The first kappa shape index (κ1) is 20.6. The molecule has 0 aromatic heterocycles. The van der Waals surface area contributed by atoms with Crippen LogP contribution in [0.25, 0.3) is 0 Å². The first-order valence-corrected chi connectivity index (χ1v) is 11.5. The van der Waals surface area contributed by atoms with Gasteiger partial charge in [0.15, 0.2) is 0 Å². The summed E-state index contributed by atoms with van der Waals surface area (Å²) in [6.07, 6.45) is 0.599. The van der Waals surface area contributed by atoms with Gasteiger partial charge in [0.05, 0.1) is 4.90 Å². The van der Waals surface area contributed by atoms with Gasteiger partial charge >= 0.3 is 0 Å². The minimum absolute atomic E-state index is 0.0539. The van der Waals surface area contributed by atoms with Crippen LogP contribution in [0.5, 0.6) is 0 Å². The first-order valence-electron chi connectivity index (χ1n) is 9.61. The fraction of sp³-hybridized carbons (Fsp3) is 0.174. The van der Waals surface area contributed by atoms with Gasteiger partial charge in [-0.2, -0.15) is 0 Å². The number of amides is 1. The van der Waals surface area contributed by atoms with E-state index in [1.807, 2.05) is 31.2 Å². The lowest BCUT2D eigenvalue weighted by atomic mass is 10.1. The minimum Gasteiger partial charge on any atom is -0.305 e. The van der Waals surface area contributed by atoms with Gasteiger partial charge in [-0.05, 0) is 60.9 Å². The molecule has 0 fully saturated rings. The number of carbonyl (C=O) groups is 1. The summed E-state index contributed by atoms with van der Waals surface area (Å²) >= 11 is 6.12. The predicted molar refractivity (Wildman–Crippen MR) is 118 cm³/mol. The Morgan fingerprint density at radius 1 is 1.07 bits per heavy atom. The number of sulfonamides is 1. The molecule has 1 amide bonds. The van der Waals surface area contributed by atoms with Crippen LogP contribution in [0.15, 0.2) is 77.7 Å². The number of halogens is 1. The molecule has 0 unspecified atom stereocenters. The van der Waals surface area contributed by atoms with Crippen LogP contribution in [0.3, 0.4) is 0 Å². The Morgan fingerprint density at radius 2 is 1.77 bits per heavy atom. The van der Waals surface area contributed by atoms with Crippen molar-refractivity contribution >= 4 is 33.2 Å². The van der Waals surface area contributed by atoms with Crippen LogP contribution in [-0.2, 0) is 23.0 Å². The van der Waals surface area contributed by atoms with E-state index in [4.69, 9.17) is 11.6 Å². The third-order valence-corrected chi connectivity index (χ3v) is 6.99. The lowest BCUT2D eigenvalue weighted by Crippen LogP contribution is -2.35. The maximum absolute atomic E-state index is 13.0. The van der Waals surface area contributed by atoms with E-state index >= 15 is 0 Å². The highest BCUT2D eigenvalue weighted by molar-refractivity contribution is 7.89. The van der Waals surface area contributed by atoms with Crippen LogP contribution in [0.2, 0.25) is 5.02 Å². The van der Waals surface area contributed by atoms with Crippen LogP contribution >= 0.6 is 11.6 Å². The Labute approximate surface area is 181 Å². The summed E-state index contributed by atoms with van der Waals surface area (Å²) in [5.74, 6) is -0.0886. The zero-order valence-corrected chi connectivity index (χ0v) is 18.0. The predicted octanol–water partition coefficient (Wildman–Crippen LogP) is 4.41. The number of hydrogen-bond acceptors (Lipinski definition) is 3. The van der Waals surface area contributed by atoms with Crippen molar-refractivity contribution in [2.75, 3.05) is 4.90 Å². The van der Waals surface area contributed by atoms with Crippen LogP contribution in [0, 0.1) is 0 Å². The first-order chi connectivity index (χ1) is 14.4. The quantitative estimate of drug-likeness (QED) is 0.639. The molecule has 3 aromatic carbocycles. The Morgan fingerprint density at radius 3 is 2.50 bits per heavy atom. The van der Waals surface area contributed by atoms with Crippen molar-refractivity contribution in [2.24, 2.45) is 0 Å². The van der Waals surface area contributed by atoms with Gasteiger partial charge in [-0.25, -0.2) is 13.1 Å². The number of rotatable bonds is 5. The molecule has 0 bridgehead atoms. The second kappa shape index (κ2) is 8.22. The fourth-order valence-electron chi connectivity index (χ4n) is 3.70. The number of nitrogens with one attached hydrogen (secondary N) is 1. The topological polar surface area (TPSA) is 66.5 Å². The molecular weight excluding hydrogens is 420 g/mol. The summed E-state index contributed by atoms with van der Waals surface area (Å²) in [5.41, 5.74) is 2.90. The average molecular weight is 441 g/mol. The van der Waals surface area contributed by atoms with E-state index in [2.05, 4.69) is 4.72 Å². The third kappa shape index (κ3) is 3.99. The maximum atomic E-state index is 13.0. The summed E-state index contributed by atoms with van der Waals surface area (Å²) in [7, 11) is -3.72. The highest BCUT2D eigenvalue weighted by Crippen LogP contribution is 2.35. The number of fused-ring (bicyclic) bond motifs is 1. The summed E-state index contributed by atoms with van der Waals surface area (Å²) in [6.45, 7) is 2.07. The van der Waals surface area contributed by atoms with Gasteiger partial charge in [-0.1, -0.05) is 48.0 Å². The number of carbonyl (C=O) groups excluding carboxylic acids is 1. The molecule has 0 spiro atoms. The van der Waals surface area contributed by atoms with E-state index in [9.17, 15) is 13.2 Å². The van der Waals surface area contributed by atoms with E-state index in [1.54, 1.807) is 47.4 Å². The number of nitrogens with zero attached hydrogens (tertiary/aromatic N) is 1. The van der Waals surface area contributed by atoms with Gasteiger partial charge < -0.3 is 4.90 Å². The van der Waals surface area contributed by atoms with Gasteiger partial charge in [-0.15, -0.1) is 0 Å². The SMILES string of the molecule is C[C@H]1Cc2cc(S(=O)(=O)NCc3ccccc3Cl)ccc2N1C(=O)c1ccccc1. The van der Waals surface area contributed by atoms with Gasteiger partial charge in [0, 0.05) is 28.9 Å². The van der Waals surface area contributed by atoms with Crippen LogP contribution < -0.4 is 9.62 Å². The molecule has 4 rings (SSSR count). The maximum Gasteiger partial charge on any atom is 0.258 e. The summed E-state index contributed by atoms with van der Waals surface area (Å²) in [6, 6.07) is 21.0.